The Hall–Kier alpha value is -2.35. The smallest absolute Gasteiger partial charge is 0.227 e. The van der Waals surface area contributed by atoms with Crippen molar-refractivity contribution in [2.24, 2.45) is 0 Å². The molecule has 5 heteroatoms. The number of aliphatic hydroxyl groups excluding tert-OH is 1. The van der Waals surface area contributed by atoms with E-state index >= 15 is 0 Å². The summed E-state index contributed by atoms with van der Waals surface area (Å²) in [5.41, 5.74) is 2.75. The van der Waals surface area contributed by atoms with Crippen molar-refractivity contribution in [1.29, 1.82) is 5.26 Å². The topological polar surface area (TPSA) is 64.3 Å². The molecule has 1 N–H and O–H groups in total. The molecule has 0 saturated heterocycles. The molecule has 122 valence electrons. The van der Waals surface area contributed by atoms with Gasteiger partial charge in [-0.25, -0.2) is 0 Å². The maximum absolute atomic E-state index is 12.8. The standard InChI is InChI=1S/C19H17ClN2O2/c1-12-14-6-2-3-7-15(14)18(23)11-22(12)19(24)9-16-13(10-21)5-4-8-17(16)20/h2-8,12,18,23H,9,11H2,1H3/t12-,18+/m0/s1. The van der Waals surface area contributed by atoms with Crippen molar-refractivity contribution in [3.8, 4) is 6.07 Å². The van der Waals surface area contributed by atoms with Gasteiger partial charge in [0, 0.05) is 5.02 Å². The highest BCUT2D eigenvalue weighted by Gasteiger charge is 2.32. The molecule has 0 saturated carbocycles. The van der Waals surface area contributed by atoms with Crippen LogP contribution in [-0.2, 0) is 11.2 Å². The van der Waals surface area contributed by atoms with Gasteiger partial charge in [0.05, 0.1) is 36.7 Å². The van der Waals surface area contributed by atoms with Crippen LogP contribution in [-0.4, -0.2) is 22.5 Å². The summed E-state index contributed by atoms with van der Waals surface area (Å²) in [7, 11) is 0. The molecule has 1 amide bonds. The normalized spacial score (nSPS) is 19.5. The molecule has 1 aliphatic heterocycles. The van der Waals surface area contributed by atoms with Crippen LogP contribution in [0.2, 0.25) is 5.02 Å². The highest BCUT2D eigenvalue weighted by Crippen LogP contribution is 2.35. The van der Waals surface area contributed by atoms with E-state index in [2.05, 4.69) is 6.07 Å². The number of hydrogen-bond acceptors (Lipinski definition) is 3. The van der Waals surface area contributed by atoms with Gasteiger partial charge in [-0.3, -0.25) is 4.79 Å². The van der Waals surface area contributed by atoms with Gasteiger partial charge in [0.2, 0.25) is 5.91 Å². The van der Waals surface area contributed by atoms with Gasteiger partial charge >= 0.3 is 0 Å². The predicted octanol–water partition coefficient (Wildman–Crippen LogP) is 3.39. The molecule has 1 aliphatic rings. The number of β-amino-alcohol motifs (C(OH)–C–C–N with tert-alkyl or cyclic N) is 1. The molecule has 0 aliphatic carbocycles. The van der Waals surface area contributed by atoms with Gasteiger partial charge in [0.25, 0.3) is 0 Å². The average Bonchev–Trinajstić information content (AvgIpc) is 2.59. The molecular weight excluding hydrogens is 324 g/mol. The van der Waals surface area contributed by atoms with Gasteiger partial charge in [0.15, 0.2) is 0 Å². The lowest BCUT2D eigenvalue weighted by Gasteiger charge is -2.38. The van der Waals surface area contributed by atoms with Crippen molar-refractivity contribution in [3.05, 3.63) is 69.7 Å². The van der Waals surface area contributed by atoms with Gasteiger partial charge in [-0.2, -0.15) is 5.26 Å². The third-order valence-electron chi connectivity index (χ3n) is 4.53. The second-order valence-corrected chi connectivity index (χ2v) is 6.33. The number of aliphatic hydroxyl groups is 1. The lowest BCUT2D eigenvalue weighted by Crippen LogP contribution is -2.41. The van der Waals surface area contributed by atoms with Crippen LogP contribution in [0.15, 0.2) is 42.5 Å². The number of nitrogens with zero attached hydrogens (tertiary/aromatic N) is 2. The van der Waals surface area contributed by atoms with Crippen LogP contribution >= 0.6 is 11.6 Å². The van der Waals surface area contributed by atoms with Gasteiger partial charge in [-0.15, -0.1) is 0 Å². The minimum Gasteiger partial charge on any atom is -0.387 e. The van der Waals surface area contributed by atoms with Crippen LogP contribution in [0.1, 0.15) is 41.3 Å². The summed E-state index contributed by atoms with van der Waals surface area (Å²) in [6.45, 7) is 2.18. The predicted molar refractivity (Wildman–Crippen MR) is 91.4 cm³/mol. The lowest BCUT2D eigenvalue weighted by atomic mass is 9.91. The van der Waals surface area contributed by atoms with Crippen LogP contribution in [0.5, 0.6) is 0 Å². The monoisotopic (exact) mass is 340 g/mol. The fraction of sp³-hybridized carbons (Fsp3) is 0.263. The van der Waals surface area contributed by atoms with E-state index < -0.39 is 6.10 Å². The summed E-state index contributed by atoms with van der Waals surface area (Å²) in [5, 5.41) is 20.0. The van der Waals surface area contributed by atoms with Crippen LogP contribution in [0, 0.1) is 11.3 Å². The molecule has 0 unspecified atom stereocenters. The Morgan fingerprint density at radius 1 is 1.29 bits per heavy atom. The molecule has 2 aromatic carbocycles. The van der Waals surface area contributed by atoms with E-state index in [9.17, 15) is 15.2 Å². The Morgan fingerprint density at radius 2 is 2.00 bits per heavy atom. The number of hydrogen-bond donors (Lipinski definition) is 1. The SMILES string of the molecule is C[C@H]1c2ccccc2[C@H](O)CN1C(=O)Cc1c(Cl)cccc1C#N. The Kier molecular flexibility index (Phi) is 4.57. The minimum atomic E-state index is -0.706. The van der Waals surface area contributed by atoms with Crippen molar-refractivity contribution in [2.45, 2.75) is 25.5 Å². The van der Waals surface area contributed by atoms with Crippen molar-refractivity contribution in [2.75, 3.05) is 6.54 Å². The minimum absolute atomic E-state index is 0.0434. The van der Waals surface area contributed by atoms with Crippen molar-refractivity contribution in [3.63, 3.8) is 0 Å². The summed E-state index contributed by atoms with van der Waals surface area (Å²) in [5.74, 6) is -0.152. The van der Waals surface area contributed by atoms with Crippen LogP contribution in [0.25, 0.3) is 0 Å². The maximum atomic E-state index is 12.8. The molecule has 4 nitrogen and oxygen atoms in total. The Balaban J connectivity index is 1.89. The first kappa shape index (κ1) is 16.5. The second-order valence-electron chi connectivity index (χ2n) is 5.92. The Bertz CT molecular complexity index is 828. The molecule has 3 rings (SSSR count). The molecular formula is C19H17ClN2O2. The largest absolute Gasteiger partial charge is 0.387 e. The second kappa shape index (κ2) is 6.64. The van der Waals surface area contributed by atoms with E-state index in [1.54, 1.807) is 23.1 Å². The molecule has 2 atom stereocenters. The van der Waals surface area contributed by atoms with E-state index in [4.69, 9.17) is 11.6 Å². The number of halogens is 1. The van der Waals surface area contributed by atoms with Crippen molar-refractivity contribution < 1.29 is 9.90 Å². The molecule has 0 radical (unpaired) electrons. The number of fused-ring (bicyclic) bond motifs is 1. The van der Waals surface area contributed by atoms with Crippen molar-refractivity contribution in [1.82, 2.24) is 4.90 Å². The van der Waals surface area contributed by atoms with E-state index in [0.29, 0.717) is 16.1 Å². The van der Waals surface area contributed by atoms with E-state index in [1.165, 1.54) is 0 Å². The third kappa shape index (κ3) is 2.89. The highest BCUT2D eigenvalue weighted by atomic mass is 35.5. The first-order chi connectivity index (χ1) is 11.5. The average molecular weight is 341 g/mol. The van der Waals surface area contributed by atoms with Gasteiger partial charge in [0.1, 0.15) is 0 Å². The molecule has 0 aromatic heterocycles. The van der Waals surface area contributed by atoms with Gasteiger partial charge in [-0.05, 0) is 35.7 Å². The van der Waals surface area contributed by atoms with Crippen molar-refractivity contribution >= 4 is 17.5 Å². The number of amides is 1. The zero-order chi connectivity index (χ0) is 17.3. The zero-order valence-corrected chi connectivity index (χ0v) is 14.0. The molecule has 24 heavy (non-hydrogen) atoms. The van der Waals surface area contributed by atoms with Crippen LogP contribution in [0.4, 0.5) is 0 Å². The van der Waals surface area contributed by atoms with Crippen LogP contribution in [0.3, 0.4) is 0 Å². The quantitative estimate of drug-likeness (QED) is 0.911. The summed E-state index contributed by atoms with van der Waals surface area (Å²) in [6, 6.07) is 14.6. The molecule has 0 bridgehead atoms. The number of benzene rings is 2. The zero-order valence-electron chi connectivity index (χ0n) is 13.2. The first-order valence-electron chi connectivity index (χ1n) is 7.76. The summed E-state index contributed by atoms with van der Waals surface area (Å²) < 4.78 is 0. The molecule has 2 aromatic rings. The molecule has 0 fully saturated rings. The fourth-order valence-electron chi connectivity index (χ4n) is 3.22. The van der Waals surface area contributed by atoms with E-state index in [1.807, 2.05) is 31.2 Å². The first-order valence-corrected chi connectivity index (χ1v) is 8.14. The number of nitriles is 1. The Labute approximate surface area is 145 Å². The summed E-state index contributed by atoms with van der Waals surface area (Å²) >= 11 is 6.17. The van der Waals surface area contributed by atoms with E-state index in [-0.39, 0.29) is 24.9 Å². The number of carbonyl (C=O) groups excluding carboxylic acids is 1. The fourth-order valence-corrected chi connectivity index (χ4v) is 3.46. The third-order valence-corrected chi connectivity index (χ3v) is 4.88. The molecule has 0 spiro atoms. The van der Waals surface area contributed by atoms with E-state index in [0.717, 1.165) is 11.1 Å². The van der Waals surface area contributed by atoms with Crippen LogP contribution < -0.4 is 0 Å². The highest BCUT2D eigenvalue weighted by molar-refractivity contribution is 6.31. The lowest BCUT2D eigenvalue weighted by molar-refractivity contribution is -0.135. The Morgan fingerprint density at radius 3 is 2.71 bits per heavy atom. The maximum Gasteiger partial charge on any atom is 0.227 e. The number of rotatable bonds is 2. The number of carbonyl (C=O) groups is 1. The van der Waals surface area contributed by atoms with Gasteiger partial charge in [-0.1, -0.05) is 41.9 Å². The molecule has 1 heterocycles. The summed E-state index contributed by atoms with van der Waals surface area (Å²) in [4.78, 5) is 14.5. The summed E-state index contributed by atoms with van der Waals surface area (Å²) in [6.07, 6.45) is -0.662. The van der Waals surface area contributed by atoms with Gasteiger partial charge < -0.3 is 10.0 Å².